The smallest absolute Gasteiger partial charge is 0.162 e. The van der Waals surface area contributed by atoms with Gasteiger partial charge in [-0.05, 0) is 30.7 Å². The zero-order valence-corrected chi connectivity index (χ0v) is 13.3. The highest BCUT2D eigenvalue weighted by atomic mass is 16.5. The Bertz CT molecular complexity index is 455. The first-order valence-corrected chi connectivity index (χ1v) is 8.06. The van der Waals surface area contributed by atoms with E-state index in [1.54, 1.807) is 24.3 Å². The van der Waals surface area contributed by atoms with Gasteiger partial charge < -0.3 is 15.2 Å². The summed E-state index contributed by atoms with van der Waals surface area (Å²) in [5.74, 6) is 0.847. The number of ketones is 1. The predicted octanol–water partition coefficient (Wildman–Crippen LogP) is 1.31. The summed E-state index contributed by atoms with van der Waals surface area (Å²) in [7, 11) is 0. The summed E-state index contributed by atoms with van der Waals surface area (Å²) in [6, 6.07) is 7.16. The number of hydrogen-bond donors (Lipinski definition) is 2. The molecule has 0 spiro atoms. The fourth-order valence-electron chi connectivity index (χ4n) is 2.55. The van der Waals surface area contributed by atoms with Crippen LogP contribution in [-0.4, -0.2) is 61.2 Å². The van der Waals surface area contributed by atoms with Crippen molar-refractivity contribution in [2.45, 2.75) is 25.9 Å². The summed E-state index contributed by atoms with van der Waals surface area (Å²) >= 11 is 0. The number of carbonyl (C=O) groups is 1. The number of benzene rings is 1. The second-order valence-electron chi connectivity index (χ2n) is 5.71. The molecular weight excluding hydrogens is 280 g/mol. The van der Waals surface area contributed by atoms with Gasteiger partial charge in [-0.15, -0.1) is 0 Å². The van der Waals surface area contributed by atoms with E-state index in [4.69, 9.17) is 4.74 Å². The SMILES string of the molecule is CCCC(=O)c1ccc(OCC(O)CN2CCNCC2)cc1. The number of rotatable bonds is 8. The van der Waals surface area contributed by atoms with Gasteiger partial charge in [-0.2, -0.15) is 0 Å². The summed E-state index contributed by atoms with van der Waals surface area (Å²) in [6.07, 6.45) is 0.929. The molecule has 1 heterocycles. The van der Waals surface area contributed by atoms with Crippen LogP contribution in [0.5, 0.6) is 5.75 Å². The molecular formula is C17H26N2O3. The number of aliphatic hydroxyl groups is 1. The number of aliphatic hydroxyl groups excluding tert-OH is 1. The molecule has 22 heavy (non-hydrogen) atoms. The van der Waals surface area contributed by atoms with Gasteiger partial charge in [-0.3, -0.25) is 9.69 Å². The van der Waals surface area contributed by atoms with Crippen molar-refractivity contribution in [2.75, 3.05) is 39.3 Å². The first kappa shape index (κ1) is 16.9. The maximum absolute atomic E-state index is 11.8. The average Bonchev–Trinajstić information content (AvgIpc) is 2.54. The average molecular weight is 306 g/mol. The Hall–Kier alpha value is -1.43. The van der Waals surface area contributed by atoms with Gasteiger partial charge in [0.15, 0.2) is 5.78 Å². The maximum Gasteiger partial charge on any atom is 0.162 e. The van der Waals surface area contributed by atoms with Gasteiger partial charge in [0, 0.05) is 44.7 Å². The highest BCUT2D eigenvalue weighted by Gasteiger charge is 2.14. The number of nitrogens with zero attached hydrogens (tertiary/aromatic N) is 1. The molecule has 0 bridgehead atoms. The summed E-state index contributed by atoms with van der Waals surface area (Å²) in [4.78, 5) is 14.0. The molecule has 1 unspecified atom stereocenters. The normalized spacial score (nSPS) is 17.2. The number of β-amino-alcohol motifs (C(OH)–C–C–N with tert-alkyl or cyclic N) is 1. The van der Waals surface area contributed by atoms with Crippen molar-refractivity contribution in [3.8, 4) is 5.75 Å². The molecule has 5 nitrogen and oxygen atoms in total. The van der Waals surface area contributed by atoms with E-state index in [1.165, 1.54) is 0 Å². The molecule has 5 heteroatoms. The minimum absolute atomic E-state index is 0.160. The van der Waals surface area contributed by atoms with Crippen LogP contribution in [0.2, 0.25) is 0 Å². The summed E-state index contributed by atoms with van der Waals surface area (Å²) < 4.78 is 5.60. The van der Waals surface area contributed by atoms with Crippen LogP contribution in [0.25, 0.3) is 0 Å². The molecule has 1 aliphatic heterocycles. The van der Waals surface area contributed by atoms with Crippen molar-refractivity contribution < 1.29 is 14.6 Å². The lowest BCUT2D eigenvalue weighted by Gasteiger charge is -2.29. The summed E-state index contributed by atoms with van der Waals surface area (Å²) in [5.41, 5.74) is 0.718. The largest absolute Gasteiger partial charge is 0.491 e. The zero-order valence-electron chi connectivity index (χ0n) is 13.3. The Kier molecular flexibility index (Phi) is 6.83. The minimum Gasteiger partial charge on any atom is -0.491 e. The molecule has 1 fully saturated rings. The third-order valence-corrected chi connectivity index (χ3v) is 3.77. The van der Waals surface area contributed by atoms with Gasteiger partial charge in [-0.1, -0.05) is 6.92 Å². The molecule has 0 saturated carbocycles. The van der Waals surface area contributed by atoms with E-state index in [2.05, 4.69) is 10.2 Å². The Morgan fingerprint density at radius 1 is 1.32 bits per heavy atom. The van der Waals surface area contributed by atoms with Crippen molar-refractivity contribution in [3.63, 3.8) is 0 Å². The minimum atomic E-state index is -0.500. The van der Waals surface area contributed by atoms with Crippen LogP contribution < -0.4 is 10.1 Å². The van der Waals surface area contributed by atoms with Crippen LogP contribution >= 0.6 is 0 Å². The van der Waals surface area contributed by atoms with Gasteiger partial charge in [0.2, 0.25) is 0 Å². The molecule has 1 atom stereocenters. The Balaban J connectivity index is 1.74. The molecule has 0 amide bonds. The molecule has 0 aliphatic carbocycles. The summed E-state index contributed by atoms with van der Waals surface area (Å²) in [5, 5.41) is 13.3. The third-order valence-electron chi connectivity index (χ3n) is 3.77. The van der Waals surface area contributed by atoms with Crippen LogP contribution in [-0.2, 0) is 0 Å². The highest BCUT2D eigenvalue weighted by Crippen LogP contribution is 2.14. The second-order valence-corrected chi connectivity index (χ2v) is 5.71. The standard InChI is InChI=1S/C17H26N2O3/c1-2-3-17(21)14-4-6-16(7-5-14)22-13-15(20)12-19-10-8-18-9-11-19/h4-7,15,18,20H,2-3,8-13H2,1H3. The molecule has 122 valence electrons. The van der Waals surface area contributed by atoms with E-state index in [9.17, 15) is 9.90 Å². The van der Waals surface area contributed by atoms with E-state index >= 15 is 0 Å². The van der Waals surface area contributed by atoms with E-state index in [0.717, 1.165) is 38.2 Å². The zero-order chi connectivity index (χ0) is 15.8. The van der Waals surface area contributed by atoms with Crippen molar-refractivity contribution in [1.82, 2.24) is 10.2 Å². The van der Waals surface area contributed by atoms with E-state index in [1.807, 2.05) is 6.92 Å². The predicted molar refractivity (Wildman–Crippen MR) is 86.5 cm³/mol. The van der Waals surface area contributed by atoms with Crippen LogP contribution in [0, 0.1) is 0 Å². The van der Waals surface area contributed by atoms with Crippen molar-refractivity contribution in [1.29, 1.82) is 0 Å². The molecule has 1 aliphatic rings. The molecule has 1 aromatic carbocycles. The van der Waals surface area contributed by atoms with E-state index in [-0.39, 0.29) is 12.4 Å². The van der Waals surface area contributed by atoms with Crippen LogP contribution in [0.3, 0.4) is 0 Å². The maximum atomic E-state index is 11.8. The molecule has 1 saturated heterocycles. The lowest BCUT2D eigenvalue weighted by atomic mass is 10.1. The van der Waals surface area contributed by atoms with Crippen molar-refractivity contribution in [3.05, 3.63) is 29.8 Å². The van der Waals surface area contributed by atoms with Gasteiger partial charge in [0.05, 0.1) is 0 Å². The Morgan fingerprint density at radius 2 is 2.00 bits per heavy atom. The van der Waals surface area contributed by atoms with Crippen LogP contribution in [0.1, 0.15) is 30.1 Å². The van der Waals surface area contributed by atoms with Gasteiger partial charge in [-0.25, -0.2) is 0 Å². The molecule has 0 aromatic heterocycles. The topological polar surface area (TPSA) is 61.8 Å². The molecule has 2 N–H and O–H groups in total. The number of ether oxygens (including phenoxy) is 1. The fraction of sp³-hybridized carbons (Fsp3) is 0.588. The third kappa shape index (κ3) is 5.40. The number of hydrogen-bond acceptors (Lipinski definition) is 5. The van der Waals surface area contributed by atoms with E-state index in [0.29, 0.717) is 18.7 Å². The van der Waals surface area contributed by atoms with Crippen molar-refractivity contribution in [2.24, 2.45) is 0 Å². The highest BCUT2D eigenvalue weighted by molar-refractivity contribution is 5.96. The fourth-order valence-corrected chi connectivity index (χ4v) is 2.55. The first-order chi connectivity index (χ1) is 10.7. The lowest BCUT2D eigenvalue weighted by molar-refractivity contribution is 0.0641. The number of Topliss-reactive ketones (excluding diaryl/α,β-unsaturated/α-hetero) is 1. The number of piperazine rings is 1. The Labute approximate surface area is 132 Å². The molecule has 2 rings (SSSR count). The molecule has 1 aromatic rings. The number of carbonyl (C=O) groups excluding carboxylic acids is 1. The van der Waals surface area contributed by atoms with Crippen molar-refractivity contribution >= 4 is 5.78 Å². The Morgan fingerprint density at radius 3 is 2.64 bits per heavy atom. The van der Waals surface area contributed by atoms with Gasteiger partial charge in [0.1, 0.15) is 18.5 Å². The van der Waals surface area contributed by atoms with Gasteiger partial charge >= 0.3 is 0 Å². The van der Waals surface area contributed by atoms with E-state index < -0.39 is 6.10 Å². The first-order valence-electron chi connectivity index (χ1n) is 8.06. The van der Waals surface area contributed by atoms with Gasteiger partial charge in [0.25, 0.3) is 0 Å². The quantitative estimate of drug-likeness (QED) is 0.709. The lowest BCUT2D eigenvalue weighted by Crippen LogP contribution is -2.47. The number of nitrogens with one attached hydrogen (secondary N) is 1. The summed E-state index contributed by atoms with van der Waals surface area (Å²) in [6.45, 7) is 6.77. The molecule has 0 radical (unpaired) electrons. The van der Waals surface area contributed by atoms with Crippen LogP contribution in [0.15, 0.2) is 24.3 Å². The second kappa shape index (κ2) is 8.88. The monoisotopic (exact) mass is 306 g/mol. The van der Waals surface area contributed by atoms with Crippen LogP contribution in [0.4, 0.5) is 0 Å².